The molecule has 7 nitrogen and oxygen atoms in total. The molecule has 146 valence electrons. The van der Waals surface area contributed by atoms with Gasteiger partial charge in [-0.05, 0) is 36.4 Å². The fourth-order valence-corrected chi connectivity index (χ4v) is 2.97. The molecule has 2 aromatic carbocycles. The molecular formula is C20H20FN3O4. The van der Waals surface area contributed by atoms with Crippen LogP contribution < -0.4 is 20.3 Å². The van der Waals surface area contributed by atoms with Crippen molar-refractivity contribution in [3.63, 3.8) is 0 Å². The standard InChI is InChI=1S/C20H20FN3O4/c1-28-17-4-2-3-15(10-17)23-18(25)11-22-20(27)13-9-19(26)24(12-13)16-7-5-14(21)6-8-16/h2-8,10,13H,9,11-12H2,1H3,(H,22,27)(H,23,25)/t13-/m1/s1. The Morgan fingerprint density at radius 3 is 2.68 bits per heavy atom. The molecule has 0 radical (unpaired) electrons. The van der Waals surface area contributed by atoms with E-state index in [2.05, 4.69) is 10.6 Å². The topological polar surface area (TPSA) is 87.7 Å². The molecule has 0 bridgehead atoms. The van der Waals surface area contributed by atoms with Gasteiger partial charge in [-0.25, -0.2) is 4.39 Å². The third-order valence-electron chi connectivity index (χ3n) is 4.41. The normalized spacial score (nSPS) is 16.0. The molecule has 2 aromatic rings. The van der Waals surface area contributed by atoms with Crippen molar-refractivity contribution in [1.82, 2.24) is 5.32 Å². The van der Waals surface area contributed by atoms with Crippen LogP contribution in [0.4, 0.5) is 15.8 Å². The number of carbonyl (C=O) groups is 3. The smallest absolute Gasteiger partial charge is 0.243 e. The lowest BCUT2D eigenvalue weighted by atomic mass is 10.1. The average molecular weight is 385 g/mol. The van der Waals surface area contributed by atoms with Gasteiger partial charge < -0.3 is 20.3 Å². The van der Waals surface area contributed by atoms with Crippen molar-refractivity contribution in [3.8, 4) is 5.75 Å². The second-order valence-corrected chi connectivity index (χ2v) is 6.38. The van der Waals surface area contributed by atoms with E-state index in [9.17, 15) is 18.8 Å². The zero-order chi connectivity index (χ0) is 20.1. The summed E-state index contributed by atoms with van der Waals surface area (Å²) < 4.78 is 18.1. The summed E-state index contributed by atoms with van der Waals surface area (Å²) in [6.45, 7) is -0.0227. The predicted molar refractivity (Wildman–Crippen MR) is 101 cm³/mol. The molecule has 0 unspecified atom stereocenters. The van der Waals surface area contributed by atoms with Crippen LogP contribution in [0.15, 0.2) is 48.5 Å². The average Bonchev–Trinajstić information content (AvgIpc) is 3.08. The van der Waals surface area contributed by atoms with Gasteiger partial charge in [0.05, 0.1) is 19.6 Å². The molecule has 1 atom stereocenters. The van der Waals surface area contributed by atoms with Crippen LogP contribution in [-0.4, -0.2) is 37.9 Å². The number of ether oxygens (including phenoxy) is 1. The van der Waals surface area contributed by atoms with E-state index < -0.39 is 11.7 Å². The van der Waals surface area contributed by atoms with E-state index >= 15 is 0 Å². The van der Waals surface area contributed by atoms with Crippen molar-refractivity contribution in [3.05, 3.63) is 54.3 Å². The number of nitrogens with zero attached hydrogens (tertiary/aromatic N) is 1. The quantitative estimate of drug-likeness (QED) is 0.796. The molecule has 1 fully saturated rings. The molecule has 1 heterocycles. The zero-order valence-corrected chi connectivity index (χ0v) is 15.3. The number of halogens is 1. The van der Waals surface area contributed by atoms with E-state index in [4.69, 9.17) is 4.74 Å². The maximum Gasteiger partial charge on any atom is 0.243 e. The summed E-state index contributed by atoms with van der Waals surface area (Å²) in [6, 6.07) is 12.4. The Morgan fingerprint density at radius 2 is 1.96 bits per heavy atom. The molecular weight excluding hydrogens is 365 g/mol. The molecule has 0 aromatic heterocycles. The fraction of sp³-hybridized carbons (Fsp3) is 0.250. The van der Waals surface area contributed by atoms with Gasteiger partial charge in [0, 0.05) is 30.4 Å². The Hall–Kier alpha value is -3.42. The number of rotatable bonds is 6. The molecule has 0 aliphatic carbocycles. The Morgan fingerprint density at radius 1 is 1.21 bits per heavy atom. The first-order valence-corrected chi connectivity index (χ1v) is 8.74. The molecule has 0 saturated carbocycles. The molecule has 28 heavy (non-hydrogen) atoms. The summed E-state index contributed by atoms with van der Waals surface area (Å²) >= 11 is 0. The van der Waals surface area contributed by atoms with Crippen LogP contribution in [0.25, 0.3) is 0 Å². The summed E-state index contributed by atoms with van der Waals surface area (Å²) in [5.74, 6) is -1.34. The van der Waals surface area contributed by atoms with Crippen molar-refractivity contribution in [2.24, 2.45) is 5.92 Å². The van der Waals surface area contributed by atoms with Gasteiger partial charge in [-0.15, -0.1) is 0 Å². The number of amides is 3. The van der Waals surface area contributed by atoms with Gasteiger partial charge in [0.1, 0.15) is 11.6 Å². The van der Waals surface area contributed by atoms with Crippen molar-refractivity contribution in [2.45, 2.75) is 6.42 Å². The van der Waals surface area contributed by atoms with Gasteiger partial charge in [-0.1, -0.05) is 6.07 Å². The summed E-state index contributed by atoms with van der Waals surface area (Å²) in [5, 5.41) is 5.22. The van der Waals surface area contributed by atoms with Gasteiger partial charge in [0.15, 0.2) is 0 Å². The molecule has 1 saturated heterocycles. The molecule has 8 heteroatoms. The molecule has 1 aliphatic heterocycles. The summed E-state index contributed by atoms with van der Waals surface area (Å²) in [6.07, 6.45) is 0.0424. The van der Waals surface area contributed by atoms with Crippen molar-refractivity contribution in [1.29, 1.82) is 0 Å². The largest absolute Gasteiger partial charge is 0.497 e. The Kier molecular flexibility index (Phi) is 5.88. The van der Waals surface area contributed by atoms with Crippen LogP contribution in [0.5, 0.6) is 5.75 Å². The minimum atomic E-state index is -0.567. The van der Waals surface area contributed by atoms with E-state index in [1.165, 1.54) is 36.3 Å². The number of anilines is 2. The number of carbonyl (C=O) groups excluding carboxylic acids is 3. The lowest BCUT2D eigenvalue weighted by Gasteiger charge is -2.16. The van der Waals surface area contributed by atoms with Gasteiger partial charge in [-0.2, -0.15) is 0 Å². The highest BCUT2D eigenvalue weighted by atomic mass is 19.1. The Balaban J connectivity index is 1.51. The van der Waals surface area contributed by atoms with Crippen molar-refractivity contribution in [2.75, 3.05) is 30.4 Å². The highest BCUT2D eigenvalue weighted by Gasteiger charge is 2.35. The molecule has 3 amide bonds. The lowest BCUT2D eigenvalue weighted by molar-refractivity contribution is -0.127. The van der Waals surface area contributed by atoms with Crippen molar-refractivity contribution >= 4 is 29.1 Å². The van der Waals surface area contributed by atoms with Gasteiger partial charge in [0.2, 0.25) is 17.7 Å². The maximum absolute atomic E-state index is 13.0. The number of hydrogen-bond donors (Lipinski definition) is 2. The van der Waals surface area contributed by atoms with E-state index in [-0.39, 0.29) is 37.2 Å². The van der Waals surface area contributed by atoms with Gasteiger partial charge >= 0.3 is 0 Å². The first-order valence-electron chi connectivity index (χ1n) is 8.74. The molecule has 2 N–H and O–H groups in total. The molecule has 3 rings (SSSR count). The number of hydrogen-bond acceptors (Lipinski definition) is 4. The molecule has 1 aliphatic rings. The van der Waals surface area contributed by atoms with Crippen LogP contribution >= 0.6 is 0 Å². The minimum absolute atomic E-state index is 0.0424. The summed E-state index contributed by atoms with van der Waals surface area (Å²) in [7, 11) is 1.53. The van der Waals surface area contributed by atoms with E-state index in [0.717, 1.165) is 0 Å². The highest BCUT2D eigenvalue weighted by Crippen LogP contribution is 2.25. The summed E-state index contributed by atoms with van der Waals surface area (Å²) in [5.41, 5.74) is 1.09. The monoisotopic (exact) mass is 385 g/mol. The number of benzene rings is 2. The van der Waals surface area contributed by atoms with E-state index in [1.54, 1.807) is 24.3 Å². The second kappa shape index (κ2) is 8.51. The number of nitrogens with one attached hydrogen (secondary N) is 2. The van der Waals surface area contributed by atoms with Gasteiger partial charge in [-0.3, -0.25) is 14.4 Å². The van der Waals surface area contributed by atoms with E-state index in [0.29, 0.717) is 17.1 Å². The van der Waals surface area contributed by atoms with Gasteiger partial charge in [0.25, 0.3) is 0 Å². The fourth-order valence-electron chi connectivity index (χ4n) is 2.97. The number of methoxy groups -OCH3 is 1. The Labute approximate surface area is 161 Å². The first-order chi connectivity index (χ1) is 13.5. The predicted octanol–water partition coefficient (Wildman–Crippen LogP) is 1.94. The van der Waals surface area contributed by atoms with Crippen LogP contribution in [0, 0.1) is 11.7 Å². The third kappa shape index (κ3) is 4.64. The van der Waals surface area contributed by atoms with E-state index in [1.807, 2.05) is 0 Å². The maximum atomic E-state index is 13.0. The zero-order valence-electron chi connectivity index (χ0n) is 15.3. The molecule has 0 spiro atoms. The van der Waals surface area contributed by atoms with Crippen LogP contribution in [0.3, 0.4) is 0 Å². The van der Waals surface area contributed by atoms with Crippen molar-refractivity contribution < 1.29 is 23.5 Å². The van der Waals surface area contributed by atoms with Crippen LogP contribution in [0.1, 0.15) is 6.42 Å². The lowest BCUT2D eigenvalue weighted by Crippen LogP contribution is -2.37. The minimum Gasteiger partial charge on any atom is -0.497 e. The first kappa shape index (κ1) is 19.3. The summed E-state index contributed by atoms with van der Waals surface area (Å²) in [4.78, 5) is 38.0. The highest BCUT2D eigenvalue weighted by molar-refractivity contribution is 6.01. The van der Waals surface area contributed by atoms with Crippen LogP contribution in [0.2, 0.25) is 0 Å². The third-order valence-corrected chi connectivity index (χ3v) is 4.41. The Bertz CT molecular complexity index is 885. The van der Waals surface area contributed by atoms with Crippen LogP contribution in [-0.2, 0) is 14.4 Å². The second-order valence-electron chi connectivity index (χ2n) is 6.38. The SMILES string of the molecule is COc1cccc(NC(=O)CNC(=O)[C@@H]2CC(=O)N(c3ccc(F)cc3)C2)c1.